The molecule has 1 saturated heterocycles. The predicted molar refractivity (Wildman–Crippen MR) is 112 cm³/mol. The van der Waals surface area contributed by atoms with E-state index in [-0.39, 0.29) is 36.7 Å². The fourth-order valence-corrected chi connectivity index (χ4v) is 3.92. The molecule has 0 N–H and O–H groups in total. The average Bonchev–Trinajstić information content (AvgIpc) is 2.74. The van der Waals surface area contributed by atoms with E-state index in [1.807, 2.05) is 13.8 Å². The van der Waals surface area contributed by atoms with Crippen LogP contribution in [0.3, 0.4) is 0 Å². The van der Waals surface area contributed by atoms with Crippen LogP contribution in [0.15, 0.2) is 52.2 Å². The van der Waals surface area contributed by atoms with Crippen molar-refractivity contribution in [3.8, 4) is 0 Å². The zero-order chi connectivity index (χ0) is 22.1. The summed E-state index contributed by atoms with van der Waals surface area (Å²) in [5.74, 6) is -0.644. The lowest BCUT2D eigenvalue weighted by Crippen LogP contribution is -2.50. The maximum Gasteiger partial charge on any atom is 0.332 e. The molecule has 0 bridgehead atoms. The van der Waals surface area contributed by atoms with Crippen molar-refractivity contribution in [1.29, 1.82) is 0 Å². The number of aromatic nitrogens is 3. The summed E-state index contributed by atoms with van der Waals surface area (Å²) in [6.45, 7) is 4.38. The molecule has 8 nitrogen and oxygen atoms in total. The van der Waals surface area contributed by atoms with Crippen molar-refractivity contribution in [3.05, 3.63) is 74.8 Å². The Morgan fingerprint density at radius 3 is 2.45 bits per heavy atom. The zero-order valence-corrected chi connectivity index (χ0v) is 17.3. The van der Waals surface area contributed by atoms with Gasteiger partial charge in [0.05, 0.1) is 24.3 Å². The molecule has 1 amide bonds. The van der Waals surface area contributed by atoms with Crippen LogP contribution in [0.1, 0.15) is 19.4 Å². The molecule has 2 aromatic heterocycles. The first-order valence-corrected chi connectivity index (χ1v) is 10.1. The van der Waals surface area contributed by atoms with E-state index in [4.69, 9.17) is 4.74 Å². The second-order valence-electron chi connectivity index (χ2n) is 7.81. The molecule has 1 aromatic carbocycles. The maximum atomic E-state index is 13.3. The van der Waals surface area contributed by atoms with E-state index in [1.165, 1.54) is 35.0 Å². The van der Waals surface area contributed by atoms with Crippen LogP contribution >= 0.6 is 0 Å². The van der Waals surface area contributed by atoms with Gasteiger partial charge >= 0.3 is 5.69 Å². The summed E-state index contributed by atoms with van der Waals surface area (Å²) in [7, 11) is 0. The lowest BCUT2D eigenvalue weighted by molar-refractivity contribution is -0.143. The van der Waals surface area contributed by atoms with Crippen molar-refractivity contribution in [2.75, 3.05) is 13.1 Å². The largest absolute Gasteiger partial charge is 0.372 e. The van der Waals surface area contributed by atoms with Crippen molar-refractivity contribution in [2.24, 2.45) is 0 Å². The highest BCUT2D eigenvalue weighted by molar-refractivity contribution is 5.79. The number of amides is 1. The Hall–Kier alpha value is -3.33. The van der Waals surface area contributed by atoms with Gasteiger partial charge in [0, 0.05) is 19.3 Å². The van der Waals surface area contributed by atoms with Crippen LogP contribution in [0.4, 0.5) is 4.39 Å². The first-order valence-electron chi connectivity index (χ1n) is 10.1. The van der Waals surface area contributed by atoms with E-state index in [0.717, 1.165) is 4.57 Å². The third kappa shape index (κ3) is 4.27. The summed E-state index contributed by atoms with van der Waals surface area (Å²) in [4.78, 5) is 45.0. The Morgan fingerprint density at radius 2 is 1.77 bits per heavy atom. The van der Waals surface area contributed by atoms with Crippen LogP contribution in [0.5, 0.6) is 0 Å². The molecular weight excluding hydrogens is 403 g/mol. The molecule has 1 aliphatic rings. The van der Waals surface area contributed by atoms with Crippen LogP contribution in [0.25, 0.3) is 11.0 Å². The summed E-state index contributed by atoms with van der Waals surface area (Å²) in [5, 5.41) is 0. The lowest BCUT2D eigenvalue weighted by atomic mass is 10.2. The fraction of sp³-hybridized carbons (Fsp3) is 0.364. The third-order valence-corrected chi connectivity index (χ3v) is 5.31. The minimum Gasteiger partial charge on any atom is -0.372 e. The quantitative estimate of drug-likeness (QED) is 0.629. The Balaban J connectivity index is 1.75. The number of ether oxygens (including phenoxy) is 1. The molecule has 3 heterocycles. The third-order valence-electron chi connectivity index (χ3n) is 5.31. The second-order valence-corrected chi connectivity index (χ2v) is 7.81. The molecular formula is C22H23FN4O4. The summed E-state index contributed by atoms with van der Waals surface area (Å²) < 4.78 is 21.2. The number of rotatable bonds is 4. The molecule has 2 unspecified atom stereocenters. The number of halogens is 1. The molecule has 4 rings (SSSR count). The number of nitrogens with zero attached hydrogens (tertiary/aromatic N) is 4. The number of hydrogen-bond acceptors (Lipinski definition) is 5. The minimum absolute atomic E-state index is 0.0513. The van der Waals surface area contributed by atoms with Gasteiger partial charge in [0.15, 0.2) is 5.52 Å². The maximum absolute atomic E-state index is 13.3. The van der Waals surface area contributed by atoms with Gasteiger partial charge in [-0.05, 0) is 43.7 Å². The van der Waals surface area contributed by atoms with E-state index >= 15 is 0 Å². The molecule has 0 aliphatic carbocycles. The lowest BCUT2D eigenvalue weighted by Gasteiger charge is -2.35. The Morgan fingerprint density at radius 1 is 1.10 bits per heavy atom. The molecule has 9 heteroatoms. The second kappa shape index (κ2) is 8.43. The highest BCUT2D eigenvalue weighted by atomic mass is 19.1. The standard InChI is InChI=1S/C22H23FN4O4/c1-14-10-25(11-15(2)31-14)19(28)13-26-18-4-3-9-24-20(18)21(29)27(22(26)30)12-16-5-7-17(23)8-6-16/h3-9,14-15H,10-13H2,1-2H3. The summed E-state index contributed by atoms with van der Waals surface area (Å²) in [5.41, 5.74) is -0.180. The van der Waals surface area contributed by atoms with Gasteiger partial charge in [-0.25, -0.2) is 14.2 Å². The smallest absolute Gasteiger partial charge is 0.332 e. The normalized spacial score (nSPS) is 19.0. The van der Waals surface area contributed by atoms with Crippen LogP contribution in [0.2, 0.25) is 0 Å². The van der Waals surface area contributed by atoms with Crippen LogP contribution < -0.4 is 11.2 Å². The number of fused-ring (bicyclic) bond motifs is 1. The summed E-state index contributed by atoms with van der Waals surface area (Å²) >= 11 is 0. The van der Waals surface area contributed by atoms with E-state index < -0.39 is 17.1 Å². The average molecular weight is 426 g/mol. The number of carbonyl (C=O) groups is 1. The van der Waals surface area contributed by atoms with Gasteiger partial charge in [0.1, 0.15) is 12.4 Å². The predicted octanol–water partition coefficient (Wildman–Crippen LogP) is 1.38. The van der Waals surface area contributed by atoms with E-state index in [0.29, 0.717) is 24.2 Å². The molecule has 1 fully saturated rings. The monoisotopic (exact) mass is 426 g/mol. The van der Waals surface area contributed by atoms with Crippen molar-refractivity contribution in [1.82, 2.24) is 19.0 Å². The molecule has 31 heavy (non-hydrogen) atoms. The van der Waals surface area contributed by atoms with E-state index in [9.17, 15) is 18.8 Å². The van der Waals surface area contributed by atoms with Gasteiger partial charge in [-0.1, -0.05) is 12.1 Å². The minimum atomic E-state index is -0.613. The van der Waals surface area contributed by atoms with Crippen molar-refractivity contribution in [2.45, 2.75) is 39.1 Å². The number of carbonyl (C=O) groups excluding carboxylic acids is 1. The van der Waals surface area contributed by atoms with Crippen molar-refractivity contribution >= 4 is 16.9 Å². The molecule has 0 radical (unpaired) electrons. The van der Waals surface area contributed by atoms with Gasteiger partial charge < -0.3 is 9.64 Å². The zero-order valence-electron chi connectivity index (χ0n) is 17.3. The number of hydrogen-bond donors (Lipinski definition) is 0. The van der Waals surface area contributed by atoms with Crippen LogP contribution in [-0.4, -0.2) is 50.2 Å². The highest BCUT2D eigenvalue weighted by Crippen LogP contribution is 2.12. The van der Waals surface area contributed by atoms with Crippen molar-refractivity contribution in [3.63, 3.8) is 0 Å². The first-order chi connectivity index (χ1) is 14.8. The Kier molecular flexibility index (Phi) is 5.69. The van der Waals surface area contributed by atoms with Crippen molar-refractivity contribution < 1.29 is 13.9 Å². The molecule has 0 saturated carbocycles. The number of morpholine rings is 1. The highest BCUT2D eigenvalue weighted by Gasteiger charge is 2.27. The molecule has 3 aromatic rings. The van der Waals surface area contributed by atoms with Gasteiger partial charge in [0.25, 0.3) is 5.56 Å². The van der Waals surface area contributed by atoms with Crippen LogP contribution in [-0.2, 0) is 22.6 Å². The van der Waals surface area contributed by atoms with Gasteiger partial charge in [0.2, 0.25) is 5.91 Å². The number of pyridine rings is 1. The van der Waals surface area contributed by atoms with Gasteiger partial charge in [-0.15, -0.1) is 0 Å². The first kappa shape index (κ1) is 20.9. The van der Waals surface area contributed by atoms with E-state index in [1.54, 1.807) is 17.0 Å². The SMILES string of the molecule is CC1CN(C(=O)Cn2c(=O)n(Cc3ccc(F)cc3)c(=O)c3ncccc32)CC(C)O1. The Labute approximate surface area is 177 Å². The van der Waals surface area contributed by atoms with Gasteiger partial charge in [-0.3, -0.25) is 18.7 Å². The molecule has 162 valence electrons. The summed E-state index contributed by atoms with van der Waals surface area (Å²) in [6, 6.07) is 8.77. The molecule has 0 spiro atoms. The van der Waals surface area contributed by atoms with E-state index in [2.05, 4.69) is 4.98 Å². The Bertz CT molecular complexity index is 1220. The molecule has 1 aliphatic heterocycles. The van der Waals surface area contributed by atoms with Gasteiger partial charge in [-0.2, -0.15) is 0 Å². The number of benzene rings is 1. The molecule has 2 atom stereocenters. The van der Waals surface area contributed by atoms with Crippen LogP contribution in [0, 0.1) is 5.82 Å². The summed E-state index contributed by atoms with van der Waals surface area (Å²) in [6.07, 6.45) is 1.26. The topological polar surface area (TPSA) is 86.4 Å². The fourth-order valence-electron chi connectivity index (χ4n) is 3.92.